The summed E-state index contributed by atoms with van der Waals surface area (Å²) in [5, 5.41) is 3.36. The summed E-state index contributed by atoms with van der Waals surface area (Å²) in [7, 11) is 2.05. The summed E-state index contributed by atoms with van der Waals surface area (Å²) >= 11 is 0. The molecule has 19 heavy (non-hydrogen) atoms. The van der Waals surface area contributed by atoms with E-state index in [0.29, 0.717) is 12.0 Å². The lowest BCUT2D eigenvalue weighted by Gasteiger charge is -2.26. The van der Waals surface area contributed by atoms with Gasteiger partial charge in [-0.1, -0.05) is 0 Å². The van der Waals surface area contributed by atoms with Crippen LogP contribution in [0.1, 0.15) is 43.2 Å². The summed E-state index contributed by atoms with van der Waals surface area (Å²) in [6, 6.07) is 4.65. The number of H-pyrrole nitrogens is 1. The fraction of sp³-hybridized carbons (Fsp3) is 0.533. The van der Waals surface area contributed by atoms with Gasteiger partial charge in [0.2, 0.25) is 0 Å². The van der Waals surface area contributed by atoms with Gasteiger partial charge < -0.3 is 14.7 Å². The van der Waals surface area contributed by atoms with E-state index in [2.05, 4.69) is 22.3 Å². The molecule has 0 amide bonds. The third-order valence-electron chi connectivity index (χ3n) is 4.12. The smallest absolute Gasteiger partial charge is 0.152 e. The highest BCUT2D eigenvalue weighted by atomic mass is 16.3. The minimum absolute atomic E-state index is 0.564. The van der Waals surface area contributed by atoms with Gasteiger partial charge in [0, 0.05) is 12.0 Å². The van der Waals surface area contributed by atoms with Crippen molar-refractivity contribution in [3.05, 3.63) is 29.9 Å². The first kappa shape index (κ1) is 12.5. The predicted octanol–water partition coefficient (Wildman–Crippen LogP) is 3.22. The first-order chi connectivity index (χ1) is 9.26. The molecule has 2 aromatic heterocycles. The number of nitrogens with one attached hydrogen (secondary N) is 2. The van der Waals surface area contributed by atoms with Crippen molar-refractivity contribution in [2.75, 3.05) is 7.05 Å². The minimum atomic E-state index is 0.564. The van der Waals surface area contributed by atoms with Crippen LogP contribution >= 0.6 is 0 Å². The number of furan rings is 1. The van der Waals surface area contributed by atoms with Crippen molar-refractivity contribution in [1.82, 2.24) is 15.3 Å². The van der Waals surface area contributed by atoms with Gasteiger partial charge in [0.15, 0.2) is 5.76 Å². The second kappa shape index (κ2) is 5.21. The number of aromatic amines is 1. The van der Waals surface area contributed by atoms with Crippen LogP contribution in [0.4, 0.5) is 0 Å². The lowest BCUT2D eigenvalue weighted by atomic mass is 9.86. The topological polar surface area (TPSA) is 53.9 Å². The van der Waals surface area contributed by atoms with E-state index in [4.69, 9.17) is 4.42 Å². The third kappa shape index (κ3) is 2.59. The molecule has 0 bridgehead atoms. The Morgan fingerprint density at radius 1 is 1.26 bits per heavy atom. The number of aromatic nitrogens is 2. The van der Waals surface area contributed by atoms with E-state index in [9.17, 15) is 0 Å². The number of hydrogen-bond donors (Lipinski definition) is 2. The van der Waals surface area contributed by atoms with Crippen molar-refractivity contribution in [2.45, 2.75) is 44.6 Å². The van der Waals surface area contributed by atoms with Gasteiger partial charge in [-0.3, -0.25) is 0 Å². The van der Waals surface area contributed by atoms with Crippen LogP contribution in [0.25, 0.3) is 11.5 Å². The van der Waals surface area contributed by atoms with Crippen LogP contribution in [0.5, 0.6) is 0 Å². The van der Waals surface area contributed by atoms with Gasteiger partial charge in [-0.25, -0.2) is 4.98 Å². The highest BCUT2D eigenvalue weighted by molar-refractivity contribution is 5.51. The molecule has 102 valence electrons. The van der Waals surface area contributed by atoms with E-state index >= 15 is 0 Å². The van der Waals surface area contributed by atoms with Crippen molar-refractivity contribution in [3.8, 4) is 11.5 Å². The molecule has 2 heterocycles. The van der Waals surface area contributed by atoms with Crippen molar-refractivity contribution in [2.24, 2.45) is 0 Å². The second-order valence-electron chi connectivity index (χ2n) is 5.43. The molecule has 1 fully saturated rings. The molecule has 1 aliphatic rings. The lowest BCUT2D eigenvalue weighted by Crippen LogP contribution is -2.29. The number of aryl methyl sites for hydroxylation is 1. The van der Waals surface area contributed by atoms with Crippen LogP contribution in [-0.2, 0) is 0 Å². The molecule has 2 N–H and O–H groups in total. The molecule has 0 atom stereocenters. The molecule has 0 unspecified atom stereocenters. The molecule has 0 aliphatic heterocycles. The number of nitrogens with zero attached hydrogens (tertiary/aromatic N) is 1. The van der Waals surface area contributed by atoms with Crippen molar-refractivity contribution >= 4 is 0 Å². The molecule has 4 nitrogen and oxygen atoms in total. The van der Waals surface area contributed by atoms with Gasteiger partial charge in [-0.15, -0.1) is 0 Å². The van der Waals surface area contributed by atoms with Gasteiger partial charge in [0.25, 0.3) is 0 Å². The van der Waals surface area contributed by atoms with Gasteiger partial charge in [0.05, 0.1) is 6.20 Å². The van der Waals surface area contributed by atoms with E-state index in [1.54, 1.807) is 0 Å². The van der Waals surface area contributed by atoms with Crippen molar-refractivity contribution in [1.29, 1.82) is 0 Å². The maximum absolute atomic E-state index is 5.62. The minimum Gasteiger partial charge on any atom is -0.460 e. The summed E-state index contributed by atoms with van der Waals surface area (Å²) in [6.07, 6.45) is 6.76. The average molecular weight is 259 g/mol. The van der Waals surface area contributed by atoms with E-state index in [1.165, 1.54) is 25.7 Å². The molecule has 0 aromatic carbocycles. The highest BCUT2D eigenvalue weighted by Crippen LogP contribution is 2.32. The van der Waals surface area contributed by atoms with Gasteiger partial charge >= 0.3 is 0 Å². The van der Waals surface area contributed by atoms with Crippen LogP contribution in [0, 0.1) is 6.92 Å². The van der Waals surface area contributed by atoms with E-state index in [1.807, 2.05) is 25.3 Å². The Morgan fingerprint density at radius 2 is 2.05 bits per heavy atom. The summed E-state index contributed by atoms with van der Waals surface area (Å²) in [5.74, 6) is 3.48. The first-order valence-corrected chi connectivity index (χ1v) is 7.05. The Morgan fingerprint density at radius 3 is 2.68 bits per heavy atom. The molecule has 1 aliphatic carbocycles. The third-order valence-corrected chi connectivity index (χ3v) is 4.12. The fourth-order valence-corrected chi connectivity index (χ4v) is 2.90. The molecular weight excluding hydrogens is 238 g/mol. The molecule has 2 aromatic rings. The van der Waals surface area contributed by atoms with Crippen LogP contribution in [0.3, 0.4) is 0 Å². The zero-order valence-electron chi connectivity index (χ0n) is 11.6. The maximum atomic E-state index is 5.62. The van der Waals surface area contributed by atoms with E-state index in [0.717, 1.165) is 23.0 Å². The summed E-state index contributed by atoms with van der Waals surface area (Å²) in [4.78, 5) is 7.96. The predicted molar refractivity (Wildman–Crippen MR) is 75.1 cm³/mol. The maximum Gasteiger partial charge on any atom is 0.152 e. The van der Waals surface area contributed by atoms with Crippen LogP contribution in [-0.4, -0.2) is 23.1 Å². The average Bonchev–Trinajstić information content (AvgIpc) is 3.07. The van der Waals surface area contributed by atoms with E-state index < -0.39 is 0 Å². The monoisotopic (exact) mass is 259 g/mol. The Bertz CT molecular complexity index is 535. The summed E-state index contributed by atoms with van der Waals surface area (Å²) < 4.78 is 5.62. The molecular formula is C15H21N3O. The normalized spacial score (nSPS) is 23.7. The Hall–Kier alpha value is -1.55. The van der Waals surface area contributed by atoms with Gasteiger partial charge in [0.1, 0.15) is 17.3 Å². The standard InChI is InChI=1S/C15H21N3O/c1-10-3-8-14(19-10)13-9-17-15(18-13)11-4-6-12(16-2)7-5-11/h3,8-9,11-12,16H,4-7H2,1-2H3,(H,17,18). The molecule has 3 rings (SSSR count). The Balaban J connectivity index is 1.72. The zero-order valence-corrected chi connectivity index (χ0v) is 11.6. The zero-order chi connectivity index (χ0) is 13.2. The van der Waals surface area contributed by atoms with Crippen molar-refractivity contribution in [3.63, 3.8) is 0 Å². The SMILES string of the molecule is CNC1CCC(c2ncc(-c3ccc(C)o3)[nH]2)CC1. The highest BCUT2D eigenvalue weighted by Gasteiger charge is 2.23. The van der Waals surface area contributed by atoms with Gasteiger partial charge in [-0.2, -0.15) is 0 Å². The molecule has 0 saturated heterocycles. The molecule has 0 radical (unpaired) electrons. The fourth-order valence-electron chi connectivity index (χ4n) is 2.90. The number of imidazole rings is 1. The van der Waals surface area contributed by atoms with Crippen LogP contribution in [0.2, 0.25) is 0 Å². The molecule has 4 heteroatoms. The van der Waals surface area contributed by atoms with Crippen molar-refractivity contribution < 1.29 is 4.42 Å². The quantitative estimate of drug-likeness (QED) is 0.889. The number of rotatable bonds is 3. The largest absolute Gasteiger partial charge is 0.460 e. The summed E-state index contributed by atoms with van der Waals surface area (Å²) in [6.45, 7) is 1.96. The Labute approximate surface area is 113 Å². The molecule has 1 saturated carbocycles. The van der Waals surface area contributed by atoms with Crippen LogP contribution < -0.4 is 5.32 Å². The van der Waals surface area contributed by atoms with E-state index in [-0.39, 0.29) is 0 Å². The van der Waals surface area contributed by atoms with Gasteiger partial charge in [-0.05, 0) is 51.8 Å². The molecule has 0 spiro atoms. The lowest BCUT2D eigenvalue weighted by molar-refractivity contribution is 0.351. The second-order valence-corrected chi connectivity index (χ2v) is 5.43. The summed E-state index contributed by atoms with van der Waals surface area (Å²) in [5.41, 5.74) is 0.985. The van der Waals surface area contributed by atoms with Crippen LogP contribution in [0.15, 0.2) is 22.7 Å². The Kier molecular flexibility index (Phi) is 3.42. The number of hydrogen-bond acceptors (Lipinski definition) is 3. The first-order valence-electron chi connectivity index (χ1n) is 7.05.